The van der Waals surface area contributed by atoms with E-state index in [2.05, 4.69) is 0 Å². The van der Waals surface area contributed by atoms with Crippen molar-refractivity contribution in [2.75, 3.05) is 12.4 Å². The van der Waals surface area contributed by atoms with Crippen LogP contribution in [0.4, 0.5) is 0 Å². The molecule has 0 saturated heterocycles. The number of rotatable bonds is 8. The van der Waals surface area contributed by atoms with Crippen LogP contribution in [-0.2, 0) is 14.3 Å². The summed E-state index contributed by atoms with van der Waals surface area (Å²) in [4.78, 5) is 0. The number of hydrogen-bond acceptors (Lipinski definition) is 3. The first-order valence-electron chi connectivity index (χ1n) is 4.99. The summed E-state index contributed by atoms with van der Waals surface area (Å²) < 4.78 is 27.1. The lowest BCUT2D eigenvalue weighted by molar-refractivity contribution is 0.310. The molecule has 0 atom stereocenters. The van der Waals surface area contributed by atoms with Gasteiger partial charge in [-0.3, -0.25) is 4.18 Å². The van der Waals surface area contributed by atoms with Gasteiger partial charge in [-0.25, -0.2) is 0 Å². The monoisotopic (exact) mass is 208 g/mol. The van der Waals surface area contributed by atoms with Crippen molar-refractivity contribution in [1.82, 2.24) is 0 Å². The molecule has 0 bridgehead atoms. The Bertz CT molecular complexity index is 181. The Morgan fingerprint density at radius 1 is 1.00 bits per heavy atom. The van der Waals surface area contributed by atoms with Crippen LogP contribution in [-0.4, -0.2) is 20.8 Å². The van der Waals surface area contributed by atoms with E-state index in [4.69, 9.17) is 4.18 Å². The fourth-order valence-corrected chi connectivity index (χ4v) is 1.97. The van der Waals surface area contributed by atoms with Crippen LogP contribution in [0.2, 0.25) is 0 Å². The number of hydrogen-bond donors (Lipinski definition) is 0. The molecule has 4 heteroatoms. The van der Waals surface area contributed by atoms with Crippen molar-refractivity contribution in [3.05, 3.63) is 0 Å². The van der Waals surface area contributed by atoms with Crippen LogP contribution < -0.4 is 0 Å². The Hall–Kier alpha value is -0.0900. The second kappa shape index (κ2) is 7.33. The third-order valence-corrected chi connectivity index (χ3v) is 3.07. The molecular formula is C9H20O3S. The lowest BCUT2D eigenvalue weighted by Gasteiger charge is -2.03. The van der Waals surface area contributed by atoms with Crippen LogP contribution in [0.3, 0.4) is 0 Å². The van der Waals surface area contributed by atoms with Crippen molar-refractivity contribution in [3.63, 3.8) is 0 Å². The smallest absolute Gasteiger partial charge is 0.267 e. The standard InChI is InChI=1S/C9H20O3S/c1-3-5-7-9-13(10,11)12-8-6-4-2/h3-9H2,1-2H3. The fraction of sp³-hybridized carbons (Fsp3) is 1.00. The van der Waals surface area contributed by atoms with Crippen molar-refractivity contribution in [1.29, 1.82) is 0 Å². The maximum absolute atomic E-state index is 11.2. The molecule has 0 amide bonds. The Morgan fingerprint density at radius 2 is 1.62 bits per heavy atom. The third kappa shape index (κ3) is 8.25. The van der Waals surface area contributed by atoms with Gasteiger partial charge < -0.3 is 0 Å². The largest absolute Gasteiger partial charge is 0.270 e. The van der Waals surface area contributed by atoms with Gasteiger partial charge >= 0.3 is 0 Å². The second-order valence-corrected chi connectivity index (χ2v) is 4.90. The molecule has 0 aliphatic heterocycles. The average Bonchev–Trinajstić information content (AvgIpc) is 2.05. The van der Waals surface area contributed by atoms with E-state index in [9.17, 15) is 8.42 Å². The molecule has 0 N–H and O–H groups in total. The Balaban J connectivity index is 3.55. The zero-order valence-electron chi connectivity index (χ0n) is 8.58. The predicted molar refractivity (Wildman–Crippen MR) is 54.2 cm³/mol. The van der Waals surface area contributed by atoms with Crippen molar-refractivity contribution < 1.29 is 12.6 Å². The van der Waals surface area contributed by atoms with Crippen molar-refractivity contribution in [2.24, 2.45) is 0 Å². The minimum atomic E-state index is -3.23. The van der Waals surface area contributed by atoms with Gasteiger partial charge in [-0.1, -0.05) is 33.1 Å². The Labute approximate surface area is 81.6 Å². The van der Waals surface area contributed by atoms with Crippen LogP contribution >= 0.6 is 0 Å². The first kappa shape index (κ1) is 12.9. The van der Waals surface area contributed by atoms with Crippen LogP contribution in [0, 0.1) is 0 Å². The van der Waals surface area contributed by atoms with Crippen LogP contribution in [0.1, 0.15) is 46.0 Å². The summed E-state index contributed by atoms with van der Waals surface area (Å²) in [7, 11) is -3.23. The molecule has 0 aromatic carbocycles. The van der Waals surface area contributed by atoms with E-state index in [1.54, 1.807) is 0 Å². The molecule has 0 rings (SSSR count). The molecule has 0 radical (unpaired) electrons. The molecule has 0 heterocycles. The third-order valence-electron chi connectivity index (χ3n) is 1.76. The highest BCUT2D eigenvalue weighted by Crippen LogP contribution is 2.02. The van der Waals surface area contributed by atoms with Gasteiger partial charge in [-0.2, -0.15) is 8.42 Å². The highest BCUT2D eigenvalue weighted by atomic mass is 32.2. The summed E-state index contributed by atoms with van der Waals surface area (Å²) in [5.41, 5.74) is 0. The zero-order valence-corrected chi connectivity index (χ0v) is 9.40. The molecule has 0 aliphatic carbocycles. The molecule has 0 saturated carbocycles. The van der Waals surface area contributed by atoms with E-state index < -0.39 is 10.1 Å². The molecule has 0 aromatic heterocycles. The SMILES string of the molecule is CCCCCS(=O)(=O)OCCCC. The minimum absolute atomic E-state index is 0.171. The van der Waals surface area contributed by atoms with Gasteiger partial charge in [-0.05, 0) is 12.8 Å². The van der Waals surface area contributed by atoms with Gasteiger partial charge in [-0.15, -0.1) is 0 Å². The fourth-order valence-electron chi connectivity index (χ4n) is 0.918. The van der Waals surface area contributed by atoms with Crippen molar-refractivity contribution >= 4 is 10.1 Å². The van der Waals surface area contributed by atoms with Crippen LogP contribution in [0.5, 0.6) is 0 Å². The van der Waals surface area contributed by atoms with Crippen LogP contribution in [0.25, 0.3) is 0 Å². The first-order valence-corrected chi connectivity index (χ1v) is 6.57. The summed E-state index contributed by atoms with van der Waals surface area (Å²) in [6, 6.07) is 0. The molecular weight excluding hydrogens is 188 g/mol. The van der Waals surface area contributed by atoms with Gasteiger partial charge in [0.15, 0.2) is 0 Å². The van der Waals surface area contributed by atoms with E-state index in [0.717, 1.165) is 25.7 Å². The lowest BCUT2D eigenvalue weighted by atomic mass is 10.3. The first-order chi connectivity index (χ1) is 6.12. The molecule has 0 aliphatic rings. The van der Waals surface area contributed by atoms with Crippen molar-refractivity contribution in [3.8, 4) is 0 Å². The van der Waals surface area contributed by atoms with Gasteiger partial charge in [0.1, 0.15) is 0 Å². The summed E-state index contributed by atoms with van der Waals surface area (Å²) in [5, 5.41) is 0. The molecule has 0 spiro atoms. The Morgan fingerprint density at radius 3 is 2.15 bits per heavy atom. The molecule has 0 aromatic rings. The quantitative estimate of drug-likeness (QED) is 0.454. The van der Waals surface area contributed by atoms with E-state index in [1.807, 2.05) is 13.8 Å². The molecule has 3 nitrogen and oxygen atoms in total. The minimum Gasteiger partial charge on any atom is -0.270 e. The van der Waals surface area contributed by atoms with E-state index in [1.165, 1.54) is 0 Å². The highest BCUT2D eigenvalue weighted by molar-refractivity contribution is 7.86. The summed E-state index contributed by atoms with van der Waals surface area (Å²) in [6.45, 7) is 4.39. The van der Waals surface area contributed by atoms with E-state index in [-0.39, 0.29) is 5.75 Å². The normalized spacial score (nSPS) is 11.8. The van der Waals surface area contributed by atoms with Gasteiger partial charge in [0.2, 0.25) is 0 Å². The van der Waals surface area contributed by atoms with Crippen molar-refractivity contribution in [2.45, 2.75) is 46.0 Å². The average molecular weight is 208 g/mol. The molecule has 0 fully saturated rings. The van der Waals surface area contributed by atoms with Crippen LogP contribution in [0.15, 0.2) is 0 Å². The van der Waals surface area contributed by atoms with E-state index in [0.29, 0.717) is 13.0 Å². The molecule has 80 valence electrons. The molecule has 13 heavy (non-hydrogen) atoms. The highest BCUT2D eigenvalue weighted by Gasteiger charge is 2.09. The lowest BCUT2D eigenvalue weighted by Crippen LogP contribution is -2.11. The van der Waals surface area contributed by atoms with Gasteiger partial charge in [0, 0.05) is 0 Å². The Kier molecular flexibility index (Phi) is 7.28. The molecule has 0 unspecified atom stereocenters. The summed E-state index contributed by atoms with van der Waals surface area (Å²) >= 11 is 0. The van der Waals surface area contributed by atoms with E-state index >= 15 is 0 Å². The summed E-state index contributed by atoms with van der Waals surface area (Å²) in [5.74, 6) is 0.171. The topological polar surface area (TPSA) is 43.4 Å². The predicted octanol–water partition coefficient (Wildman–Crippen LogP) is 2.32. The van der Waals surface area contributed by atoms with Gasteiger partial charge in [0.25, 0.3) is 10.1 Å². The van der Waals surface area contributed by atoms with Gasteiger partial charge in [0.05, 0.1) is 12.4 Å². The zero-order chi connectivity index (χ0) is 10.2. The number of unbranched alkanes of at least 4 members (excludes halogenated alkanes) is 3. The maximum atomic E-state index is 11.2. The summed E-state index contributed by atoms with van der Waals surface area (Å²) in [6.07, 6.45) is 4.48. The maximum Gasteiger partial charge on any atom is 0.267 e. The second-order valence-electron chi connectivity index (χ2n) is 3.14.